The molecule has 0 saturated carbocycles. The molecule has 1 saturated heterocycles. The maximum atomic E-state index is 6.07. The van der Waals surface area contributed by atoms with Crippen molar-refractivity contribution in [2.75, 3.05) is 26.2 Å². The molecule has 2 rings (SSSR count). The van der Waals surface area contributed by atoms with Crippen LogP contribution in [-0.2, 0) is 6.54 Å². The van der Waals surface area contributed by atoms with Crippen molar-refractivity contribution in [2.45, 2.75) is 32.2 Å². The van der Waals surface area contributed by atoms with E-state index in [2.05, 4.69) is 32.2 Å². The summed E-state index contributed by atoms with van der Waals surface area (Å²) in [6, 6.07) is 6.13. The van der Waals surface area contributed by atoms with Gasteiger partial charge >= 0.3 is 0 Å². The number of piperidine rings is 1. The van der Waals surface area contributed by atoms with Gasteiger partial charge in [-0.2, -0.15) is 0 Å². The van der Waals surface area contributed by atoms with Crippen LogP contribution < -0.4 is 5.32 Å². The van der Waals surface area contributed by atoms with Crippen LogP contribution in [0.25, 0.3) is 0 Å². The molecule has 0 aromatic heterocycles. The number of benzene rings is 1. The first-order chi connectivity index (χ1) is 9.25. The van der Waals surface area contributed by atoms with Gasteiger partial charge in [-0.05, 0) is 79.1 Å². The second kappa shape index (κ2) is 8.25. The molecule has 4 heteroatoms. The van der Waals surface area contributed by atoms with Crippen LogP contribution in [0, 0.1) is 0 Å². The van der Waals surface area contributed by atoms with E-state index >= 15 is 0 Å². The summed E-state index contributed by atoms with van der Waals surface area (Å²) >= 11 is 9.48. The lowest BCUT2D eigenvalue weighted by Crippen LogP contribution is -2.32. The predicted octanol–water partition coefficient (Wildman–Crippen LogP) is 4.07. The van der Waals surface area contributed by atoms with Gasteiger partial charge in [-0.1, -0.05) is 24.1 Å². The average molecular weight is 346 g/mol. The van der Waals surface area contributed by atoms with Crippen molar-refractivity contribution >= 4 is 27.5 Å². The van der Waals surface area contributed by atoms with Gasteiger partial charge in [0.25, 0.3) is 0 Å². The summed E-state index contributed by atoms with van der Waals surface area (Å²) in [6.45, 7) is 5.79. The van der Waals surface area contributed by atoms with Gasteiger partial charge in [-0.25, -0.2) is 0 Å². The molecule has 1 aromatic carbocycles. The molecule has 0 aliphatic carbocycles. The molecule has 1 aliphatic rings. The SMILES string of the molecule is Clc1cc(CNCCCN2CCCCC2)ccc1Br. The van der Waals surface area contributed by atoms with Gasteiger partial charge in [0, 0.05) is 11.0 Å². The lowest BCUT2D eigenvalue weighted by atomic mass is 10.1. The van der Waals surface area contributed by atoms with E-state index in [4.69, 9.17) is 11.6 Å². The maximum Gasteiger partial charge on any atom is 0.0551 e. The van der Waals surface area contributed by atoms with E-state index in [-0.39, 0.29) is 0 Å². The Morgan fingerprint density at radius 2 is 2.00 bits per heavy atom. The lowest BCUT2D eigenvalue weighted by Gasteiger charge is -2.26. The summed E-state index contributed by atoms with van der Waals surface area (Å²) in [4.78, 5) is 2.58. The van der Waals surface area contributed by atoms with Gasteiger partial charge in [0.05, 0.1) is 5.02 Å². The minimum Gasteiger partial charge on any atom is -0.313 e. The second-order valence-corrected chi connectivity index (χ2v) is 6.44. The normalized spacial score (nSPS) is 16.7. The number of nitrogens with zero attached hydrogens (tertiary/aromatic N) is 1. The fourth-order valence-electron chi connectivity index (χ4n) is 2.49. The molecule has 106 valence electrons. The molecule has 1 aromatic rings. The number of rotatable bonds is 6. The van der Waals surface area contributed by atoms with E-state index in [9.17, 15) is 0 Å². The molecular formula is C15H22BrClN2. The third-order valence-corrected chi connectivity index (χ3v) is 4.82. The van der Waals surface area contributed by atoms with Crippen molar-refractivity contribution < 1.29 is 0 Å². The number of hydrogen-bond acceptors (Lipinski definition) is 2. The Bertz CT molecular complexity index is 392. The first-order valence-electron chi connectivity index (χ1n) is 7.13. The highest BCUT2D eigenvalue weighted by Gasteiger charge is 2.08. The van der Waals surface area contributed by atoms with Crippen molar-refractivity contribution in [1.82, 2.24) is 10.2 Å². The number of nitrogens with one attached hydrogen (secondary N) is 1. The van der Waals surface area contributed by atoms with Crippen LogP contribution >= 0.6 is 27.5 Å². The summed E-state index contributed by atoms with van der Waals surface area (Å²) in [7, 11) is 0. The van der Waals surface area contributed by atoms with Gasteiger partial charge < -0.3 is 10.2 Å². The van der Waals surface area contributed by atoms with E-state index in [0.29, 0.717) is 0 Å². The van der Waals surface area contributed by atoms with Crippen molar-refractivity contribution in [2.24, 2.45) is 0 Å². The minimum atomic E-state index is 0.785. The van der Waals surface area contributed by atoms with Gasteiger partial charge in [0.1, 0.15) is 0 Å². The molecule has 19 heavy (non-hydrogen) atoms. The standard InChI is InChI=1S/C15H22BrClN2/c16-14-6-5-13(11-15(14)17)12-18-7-4-10-19-8-2-1-3-9-19/h5-6,11,18H,1-4,7-10,12H2. The summed E-state index contributed by atoms with van der Waals surface area (Å²) < 4.78 is 0.961. The highest BCUT2D eigenvalue weighted by atomic mass is 79.9. The number of hydrogen-bond donors (Lipinski definition) is 1. The zero-order valence-electron chi connectivity index (χ0n) is 11.3. The minimum absolute atomic E-state index is 0.785. The topological polar surface area (TPSA) is 15.3 Å². The molecule has 0 atom stereocenters. The first kappa shape index (κ1) is 15.3. The molecule has 1 fully saturated rings. The van der Waals surface area contributed by atoms with Crippen molar-refractivity contribution in [3.63, 3.8) is 0 Å². The Hall–Kier alpha value is -0.0900. The summed E-state index contributed by atoms with van der Waals surface area (Å²) in [5, 5.41) is 4.27. The Labute approximate surface area is 129 Å². The monoisotopic (exact) mass is 344 g/mol. The molecule has 1 N–H and O–H groups in total. The summed E-state index contributed by atoms with van der Waals surface area (Å²) in [5.41, 5.74) is 1.24. The van der Waals surface area contributed by atoms with E-state index < -0.39 is 0 Å². The van der Waals surface area contributed by atoms with Gasteiger partial charge in [-0.15, -0.1) is 0 Å². The molecule has 2 nitrogen and oxygen atoms in total. The third kappa shape index (κ3) is 5.42. The first-order valence-corrected chi connectivity index (χ1v) is 8.30. The molecule has 1 heterocycles. The van der Waals surface area contributed by atoms with Crippen LogP contribution in [0.15, 0.2) is 22.7 Å². The maximum absolute atomic E-state index is 6.07. The van der Waals surface area contributed by atoms with Crippen LogP contribution in [0.1, 0.15) is 31.2 Å². The molecule has 0 amide bonds. The third-order valence-electron chi connectivity index (χ3n) is 3.59. The molecule has 0 unspecified atom stereocenters. The van der Waals surface area contributed by atoms with Crippen molar-refractivity contribution in [3.05, 3.63) is 33.3 Å². The molecular weight excluding hydrogens is 324 g/mol. The molecule has 0 radical (unpaired) electrons. The van der Waals surface area contributed by atoms with Gasteiger partial charge in [0.2, 0.25) is 0 Å². The van der Waals surface area contributed by atoms with Crippen LogP contribution in [-0.4, -0.2) is 31.1 Å². The van der Waals surface area contributed by atoms with Crippen molar-refractivity contribution in [1.29, 1.82) is 0 Å². The summed E-state index contributed by atoms with van der Waals surface area (Å²) in [6.07, 6.45) is 5.40. The average Bonchev–Trinajstić information content (AvgIpc) is 2.43. The van der Waals surface area contributed by atoms with Crippen LogP contribution in [0.2, 0.25) is 5.02 Å². The van der Waals surface area contributed by atoms with Crippen LogP contribution in [0.4, 0.5) is 0 Å². The summed E-state index contributed by atoms with van der Waals surface area (Å²) in [5.74, 6) is 0. The lowest BCUT2D eigenvalue weighted by molar-refractivity contribution is 0.225. The zero-order valence-corrected chi connectivity index (χ0v) is 13.6. The van der Waals surface area contributed by atoms with E-state index in [1.54, 1.807) is 0 Å². The molecule has 0 bridgehead atoms. The van der Waals surface area contributed by atoms with Gasteiger partial charge in [0.15, 0.2) is 0 Å². The van der Waals surface area contributed by atoms with E-state index in [0.717, 1.165) is 22.6 Å². The predicted molar refractivity (Wildman–Crippen MR) is 85.8 cm³/mol. The Morgan fingerprint density at radius 3 is 2.74 bits per heavy atom. The largest absolute Gasteiger partial charge is 0.313 e. The fraction of sp³-hybridized carbons (Fsp3) is 0.600. The van der Waals surface area contributed by atoms with E-state index in [1.165, 1.54) is 50.9 Å². The van der Waals surface area contributed by atoms with Crippen LogP contribution in [0.5, 0.6) is 0 Å². The smallest absolute Gasteiger partial charge is 0.0551 e. The fourth-order valence-corrected chi connectivity index (χ4v) is 2.94. The Morgan fingerprint density at radius 1 is 1.21 bits per heavy atom. The quantitative estimate of drug-likeness (QED) is 0.782. The van der Waals surface area contributed by atoms with Gasteiger partial charge in [-0.3, -0.25) is 0 Å². The second-order valence-electron chi connectivity index (χ2n) is 5.18. The Kier molecular flexibility index (Phi) is 6.65. The highest BCUT2D eigenvalue weighted by molar-refractivity contribution is 9.10. The highest BCUT2D eigenvalue weighted by Crippen LogP contribution is 2.23. The molecule has 1 aliphatic heterocycles. The number of halogens is 2. The van der Waals surface area contributed by atoms with Crippen molar-refractivity contribution in [3.8, 4) is 0 Å². The Balaban J connectivity index is 1.59. The van der Waals surface area contributed by atoms with Crippen LogP contribution in [0.3, 0.4) is 0 Å². The number of likely N-dealkylation sites (tertiary alicyclic amines) is 1. The van der Waals surface area contributed by atoms with E-state index in [1.807, 2.05) is 12.1 Å². The zero-order chi connectivity index (χ0) is 13.5. The molecule has 0 spiro atoms.